The summed E-state index contributed by atoms with van der Waals surface area (Å²) in [5.74, 6) is -0.319. The van der Waals surface area contributed by atoms with Gasteiger partial charge < -0.3 is 34.3 Å². The molecule has 8 nitrogen and oxygen atoms in total. The molecular weight excluding hydrogens is 413 g/mol. The maximum atomic E-state index is 13.1. The van der Waals surface area contributed by atoms with E-state index in [1.54, 1.807) is 0 Å². The number of rotatable bonds is 3. The van der Waals surface area contributed by atoms with Crippen LogP contribution in [0.1, 0.15) is 5.56 Å². The molecule has 0 aliphatic carbocycles. The first-order valence-corrected chi connectivity index (χ1v) is 8.22. The number of aliphatic hydroxyl groups is 4. The number of halogens is 4. The Kier molecular flexibility index (Phi) is 5.58. The van der Waals surface area contributed by atoms with Gasteiger partial charge in [0.05, 0.1) is 17.2 Å². The molecule has 12 heteroatoms. The monoisotopic (exact) mass is 426 g/mol. The quantitative estimate of drug-likeness (QED) is 0.526. The van der Waals surface area contributed by atoms with Crippen molar-refractivity contribution in [1.82, 2.24) is 0 Å². The Hall–Kier alpha value is -1.89. The molecule has 0 saturated carbocycles. The molecule has 0 spiro atoms. The number of alkyl halides is 3. The lowest BCUT2D eigenvalue weighted by Gasteiger charge is -2.39. The molecule has 1 fully saturated rings. The van der Waals surface area contributed by atoms with Gasteiger partial charge in [-0.25, -0.2) is 4.79 Å². The summed E-state index contributed by atoms with van der Waals surface area (Å²) in [6.07, 6.45) is -12.8. The zero-order valence-corrected chi connectivity index (χ0v) is 14.5. The van der Waals surface area contributed by atoms with Gasteiger partial charge in [0, 0.05) is 17.5 Å². The lowest BCUT2D eigenvalue weighted by atomic mass is 9.99. The fraction of sp³-hybridized carbons (Fsp3) is 0.438. The van der Waals surface area contributed by atoms with Crippen LogP contribution in [0.3, 0.4) is 0 Å². The van der Waals surface area contributed by atoms with Crippen molar-refractivity contribution >= 4 is 22.6 Å². The van der Waals surface area contributed by atoms with Gasteiger partial charge in [0.2, 0.25) is 6.29 Å². The van der Waals surface area contributed by atoms with Crippen molar-refractivity contribution < 1.29 is 47.5 Å². The van der Waals surface area contributed by atoms with Crippen LogP contribution in [0.4, 0.5) is 13.2 Å². The van der Waals surface area contributed by atoms with Crippen LogP contribution in [0, 0.1) is 0 Å². The SMILES string of the molecule is O=c1cc(C(F)(F)F)c2cc(Cl)c(O[C@@H]3O[C@H](CO)[C@H](O)[C@H](O)[C@H]3O)cc2o1. The van der Waals surface area contributed by atoms with Crippen LogP contribution < -0.4 is 10.4 Å². The highest BCUT2D eigenvalue weighted by Gasteiger charge is 2.45. The summed E-state index contributed by atoms with van der Waals surface area (Å²) in [5.41, 5.74) is -2.98. The minimum atomic E-state index is -4.84. The van der Waals surface area contributed by atoms with Crippen LogP contribution in [-0.4, -0.2) is 57.7 Å². The predicted octanol–water partition coefficient (Wildman–Crippen LogP) is 0.644. The maximum Gasteiger partial charge on any atom is 0.417 e. The minimum Gasteiger partial charge on any atom is -0.460 e. The number of ether oxygens (including phenoxy) is 2. The van der Waals surface area contributed by atoms with Crippen molar-refractivity contribution in [2.24, 2.45) is 0 Å². The standard InChI is InChI=1S/C16H14ClF3O8/c17-7-1-5-6(16(18,19)20)2-11(22)26-8(5)3-9(7)27-15-14(25)13(24)12(23)10(4-21)28-15/h1-3,10,12-15,21,23-25H,4H2/t10-,12+,13+,14-,15-/m1/s1. The van der Waals surface area contributed by atoms with Crippen LogP contribution in [-0.2, 0) is 10.9 Å². The Labute approximate surface area is 159 Å². The molecular formula is C16H14ClF3O8. The average molecular weight is 427 g/mol. The predicted molar refractivity (Wildman–Crippen MR) is 86.9 cm³/mol. The van der Waals surface area contributed by atoms with Crippen molar-refractivity contribution in [3.05, 3.63) is 39.2 Å². The fourth-order valence-electron chi connectivity index (χ4n) is 2.78. The van der Waals surface area contributed by atoms with E-state index < -0.39 is 65.6 Å². The molecule has 0 bridgehead atoms. The molecule has 2 heterocycles. The van der Waals surface area contributed by atoms with Gasteiger partial charge in [0.15, 0.2) is 0 Å². The van der Waals surface area contributed by atoms with E-state index in [4.69, 9.17) is 30.6 Å². The smallest absolute Gasteiger partial charge is 0.417 e. The first-order valence-electron chi connectivity index (χ1n) is 7.84. The molecule has 1 aromatic carbocycles. The lowest BCUT2D eigenvalue weighted by Crippen LogP contribution is -2.60. The van der Waals surface area contributed by atoms with Crippen molar-refractivity contribution in [1.29, 1.82) is 0 Å². The third-order valence-corrected chi connectivity index (χ3v) is 4.49. The first kappa shape index (κ1) is 20.8. The van der Waals surface area contributed by atoms with Crippen LogP contribution >= 0.6 is 11.6 Å². The summed E-state index contributed by atoms with van der Waals surface area (Å²) in [6.45, 7) is -0.708. The van der Waals surface area contributed by atoms with Crippen molar-refractivity contribution in [2.45, 2.75) is 36.9 Å². The second kappa shape index (κ2) is 7.50. The van der Waals surface area contributed by atoms with Gasteiger partial charge in [-0.15, -0.1) is 0 Å². The van der Waals surface area contributed by atoms with Gasteiger partial charge in [-0.05, 0) is 6.07 Å². The number of hydrogen-bond acceptors (Lipinski definition) is 8. The van der Waals surface area contributed by atoms with E-state index in [1.165, 1.54) is 0 Å². The molecule has 154 valence electrons. The summed E-state index contributed by atoms with van der Waals surface area (Å²) >= 11 is 5.96. The van der Waals surface area contributed by atoms with E-state index in [2.05, 4.69) is 0 Å². The van der Waals surface area contributed by atoms with Crippen LogP contribution in [0.5, 0.6) is 5.75 Å². The molecule has 1 saturated heterocycles. The van der Waals surface area contributed by atoms with Gasteiger partial charge in [0.1, 0.15) is 35.7 Å². The van der Waals surface area contributed by atoms with Crippen molar-refractivity contribution in [2.75, 3.05) is 6.61 Å². The summed E-state index contributed by atoms with van der Waals surface area (Å²) < 4.78 is 54.6. The summed E-state index contributed by atoms with van der Waals surface area (Å²) in [4.78, 5) is 11.5. The molecule has 28 heavy (non-hydrogen) atoms. The zero-order valence-electron chi connectivity index (χ0n) is 13.8. The first-order chi connectivity index (χ1) is 13.0. The topological polar surface area (TPSA) is 130 Å². The van der Waals surface area contributed by atoms with Crippen molar-refractivity contribution in [3.8, 4) is 5.75 Å². The van der Waals surface area contributed by atoms with E-state index >= 15 is 0 Å². The Bertz CT molecular complexity index is 928. The molecule has 0 unspecified atom stereocenters. The Morgan fingerprint density at radius 3 is 2.39 bits per heavy atom. The Morgan fingerprint density at radius 2 is 1.79 bits per heavy atom. The number of hydrogen-bond donors (Lipinski definition) is 4. The van der Waals surface area contributed by atoms with Gasteiger partial charge in [-0.3, -0.25) is 0 Å². The third kappa shape index (κ3) is 3.81. The highest BCUT2D eigenvalue weighted by Crippen LogP contribution is 2.38. The third-order valence-electron chi connectivity index (χ3n) is 4.19. The van der Waals surface area contributed by atoms with E-state index in [9.17, 15) is 33.3 Å². The summed E-state index contributed by atoms with van der Waals surface area (Å²) in [7, 11) is 0. The molecule has 1 aliphatic heterocycles. The maximum absolute atomic E-state index is 13.1. The van der Waals surface area contributed by atoms with E-state index in [0.717, 1.165) is 12.1 Å². The number of fused-ring (bicyclic) bond motifs is 1. The van der Waals surface area contributed by atoms with Gasteiger partial charge in [0.25, 0.3) is 0 Å². The molecule has 0 radical (unpaired) electrons. The molecule has 1 aromatic heterocycles. The molecule has 2 aromatic rings. The zero-order chi connectivity index (χ0) is 20.8. The highest BCUT2D eigenvalue weighted by molar-refractivity contribution is 6.32. The van der Waals surface area contributed by atoms with Crippen molar-refractivity contribution in [3.63, 3.8) is 0 Å². The average Bonchev–Trinajstić information content (AvgIpc) is 2.61. The van der Waals surface area contributed by atoms with Gasteiger partial charge in [-0.1, -0.05) is 11.6 Å². The molecule has 4 N–H and O–H groups in total. The van der Waals surface area contributed by atoms with E-state index in [1.807, 2.05) is 0 Å². The van der Waals surface area contributed by atoms with E-state index in [0.29, 0.717) is 0 Å². The summed E-state index contributed by atoms with van der Waals surface area (Å²) in [5, 5.41) is 37.8. The van der Waals surface area contributed by atoms with Crippen LogP contribution in [0.15, 0.2) is 27.4 Å². The molecule has 1 aliphatic rings. The van der Waals surface area contributed by atoms with Gasteiger partial charge >= 0.3 is 11.8 Å². The van der Waals surface area contributed by atoms with E-state index in [-0.39, 0.29) is 16.8 Å². The normalized spacial score (nSPS) is 28.5. The number of benzene rings is 1. The van der Waals surface area contributed by atoms with Gasteiger partial charge in [-0.2, -0.15) is 13.2 Å². The second-order valence-corrected chi connectivity index (χ2v) is 6.48. The fourth-order valence-corrected chi connectivity index (χ4v) is 2.99. The molecule has 5 atom stereocenters. The lowest BCUT2D eigenvalue weighted by molar-refractivity contribution is -0.277. The Morgan fingerprint density at radius 1 is 1.11 bits per heavy atom. The summed E-state index contributed by atoms with van der Waals surface area (Å²) in [6, 6.07) is 2.05. The Balaban J connectivity index is 2.00. The largest absolute Gasteiger partial charge is 0.460 e. The molecule has 0 amide bonds. The second-order valence-electron chi connectivity index (χ2n) is 6.07. The van der Waals surface area contributed by atoms with Crippen LogP contribution in [0.25, 0.3) is 11.0 Å². The molecule has 3 rings (SSSR count). The number of aliphatic hydroxyl groups excluding tert-OH is 4. The van der Waals surface area contributed by atoms with Crippen LogP contribution in [0.2, 0.25) is 5.02 Å². The minimum absolute atomic E-state index is 0.288. The highest BCUT2D eigenvalue weighted by atomic mass is 35.5.